The third kappa shape index (κ3) is 3.87. The van der Waals surface area contributed by atoms with E-state index in [4.69, 9.17) is 10.7 Å². The molecule has 4 rings (SSSR count). The Kier molecular flexibility index (Phi) is 5.67. The zero-order chi connectivity index (χ0) is 21.3. The number of carbonyl (C=O) groups is 2. The molecule has 0 bridgehead atoms. The fourth-order valence-corrected chi connectivity index (χ4v) is 4.94. The van der Waals surface area contributed by atoms with E-state index in [9.17, 15) is 14.0 Å². The molecule has 8 heteroatoms. The molecule has 2 aromatic heterocycles. The maximum absolute atomic E-state index is 13.2. The molecular weight excluding hydrogens is 403 g/mol. The number of pyridine rings is 1. The van der Waals surface area contributed by atoms with Gasteiger partial charge in [-0.1, -0.05) is 12.1 Å². The van der Waals surface area contributed by atoms with Crippen LogP contribution in [-0.4, -0.2) is 35.3 Å². The molecular formula is C22H23FN4O2S. The Labute approximate surface area is 177 Å². The number of aromatic nitrogens is 1. The summed E-state index contributed by atoms with van der Waals surface area (Å²) in [5.41, 5.74) is 8.16. The Morgan fingerprint density at radius 2 is 2.00 bits per heavy atom. The second-order valence-electron chi connectivity index (χ2n) is 7.41. The summed E-state index contributed by atoms with van der Waals surface area (Å²) in [6.07, 6.45) is 3.02. The zero-order valence-corrected chi connectivity index (χ0v) is 17.5. The van der Waals surface area contributed by atoms with E-state index in [1.807, 2.05) is 17.0 Å². The van der Waals surface area contributed by atoms with Crippen LogP contribution in [0.25, 0.3) is 10.2 Å². The second-order valence-corrected chi connectivity index (χ2v) is 8.41. The van der Waals surface area contributed by atoms with Gasteiger partial charge in [-0.25, -0.2) is 9.37 Å². The quantitative estimate of drug-likeness (QED) is 0.666. The van der Waals surface area contributed by atoms with Crippen LogP contribution in [0.2, 0.25) is 0 Å². The van der Waals surface area contributed by atoms with Crippen LogP contribution in [-0.2, 0) is 11.2 Å². The largest absolute Gasteiger partial charge is 0.397 e. The highest BCUT2D eigenvalue weighted by atomic mass is 32.1. The molecule has 156 valence electrons. The van der Waals surface area contributed by atoms with Crippen molar-refractivity contribution in [2.24, 2.45) is 0 Å². The van der Waals surface area contributed by atoms with Gasteiger partial charge >= 0.3 is 0 Å². The molecule has 30 heavy (non-hydrogen) atoms. The van der Waals surface area contributed by atoms with Crippen LogP contribution in [0.3, 0.4) is 0 Å². The first-order valence-corrected chi connectivity index (χ1v) is 10.7. The molecule has 1 aromatic carbocycles. The minimum Gasteiger partial charge on any atom is -0.397 e. The molecule has 0 saturated carbocycles. The molecule has 0 radical (unpaired) electrons. The van der Waals surface area contributed by atoms with Gasteiger partial charge < -0.3 is 16.0 Å². The summed E-state index contributed by atoms with van der Waals surface area (Å²) in [4.78, 5) is 32.8. The van der Waals surface area contributed by atoms with E-state index in [0.29, 0.717) is 21.9 Å². The number of nitrogens with two attached hydrogens (primary N) is 1. The van der Waals surface area contributed by atoms with E-state index >= 15 is 0 Å². The van der Waals surface area contributed by atoms with E-state index in [1.165, 1.54) is 23.5 Å². The number of benzene rings is 1. The number of amides is 2. The van der Waals surface area contributed by atoms with Gasteiger partial charge in [-0.3, -0.25) is 9.59 Å². The average molecular weight is 427 g/mol. The van der Waals surface area contributed by atoms with Gasteiger partial charge in [-0.15, -0.1) is 11.3 Å². The molecule has 1 atom stereocenters. The molecule has 1 fully saturated rings. The molecule has 3 N–H and O–H groups in total. The first-order chi connectivity index (χ1) is 14.5. The molecule has 0 spiro atoms. The first-order valence-electron chi connectivity index (χ1n) is 9.93. The molecule has 3 heterocycles. The molecule has 0 aliphatic carbocycles. The predicted molar refractivity (Wildman–Crippen MR) is 116 cm³/mol. The lowest BCUT2D eigenvalue weighted by Crippen LogP contribution is -2.39. The van der Waals surface area contributed by atoms with E-state index in [-0.39, 0.29) is 30.1 Å². The Balaban J connectivity index is 1.61. The number of likely N-dealkylation sites (tertiary alicyclic amines) is 1. The third-order valence-corrected chi connectivity index (χ3v) is 6.60. The van der Waals surface area contributed by atoms with Crippen molar-refractivity contribution in [1.29, 1.82) is 0 Å². The minimum atomic E-state index is -0.314. The lowest BCUT2D eigenvalue weighted by Gasteiger charge is -2.35. The number of anilines is 1. The topological polar surface area (TPSA) is 88.3 Å². The summed E-state index contributed by atoms with van der Waals surface area (Å²) >= 11 is 1.26. The summed E-state index contributed by atoms with van der Waals surface area (Å²) in [6, 6.07) is 9.69. The number of nitrogens with zero attached hydrogens (tertiary/aromatic N) is 2. The van der Waals surface area contributed by atoms with Crippen LogP contribution >= 0.6 is 11.3 Å². The Morgan fingerprint density at radius 1 is 1.23 bits per heavy atom. The van der Waals surface area contributed by atoms with E-state index in [0.717, 1.165) is 35.9 Å². The summed E-state index contributed by atoms with van der Waals surface area (Å²) in [7, 11) is 1.57. The van der Waals surface area contributed by atoms with Crippen molar-refractivity contribution >= 4 is 39.1 Å². The van der Waals surface area contributed by atoms with E-state index in [2.05, 4.69) is 5.32 Å². The van der Waals surface area contributed by atoms with E-state index in [1.54, 1.807) is 19.2 Å². The van der Waals surface area contributed by atoms with Crippen molar-refractivity contribution in [3.05, 3.63) is 58.3 Å². The summed E-state index contributed by atoms with van der Waals surface area (Å²) < 4.78 is 13.2. The van der Waals surface area contributed by atoms with Crippen molar-refractivity contribution < 1.29 is 14.0 Å². The predicted octanol–water partition coefficient (Wildman–Crippen LogP) is 3.67. The van der Waals surface area contributed by atoms with Gasteiger partial charge in [0.15, 0.2) is 0 Å². The monoisotopic (exact) mass is 426 g/mol. The number of thiophene rings is 1. The lowest BCUT2D eigenvalue weighted by atomic mass is 9.97. The minimum absolute atomic E-state index is 0.00458. The maximum atomic E-state index is 13.2. The maximum Gasteiger partial charge on any atom is 0.263 e. The SMILES string of the molecule is CNC(=O)c1sc2nc(C3CCCCN3C(=O)Cc3ccc(F)cc3)ccc2c1N. The number of nitrogens with one attached hydrogen (secondary N) is 1. The lowest BCUT2D eigenvalue weighted by molar-refractivity contribution is -0.134. The number of carbonyl (C=O) groups excluding carboxylic acids is 2. The second kappa shape index (κ2) is 8.39. The van der Waals surface area contributed by atoms with Crippen LogP contribution in [0.15, 0.2) is 36.4 Å². The standard InChI is InChI=1S/C22H23FN4O2S/c1-25-21(29)20-19(24)15-9-10-16(26-22(15)30-20)17-4-2-3-11-27(17)18(28)12-13-5-7-14(23)8-6-13/h5-10,17H,2-4,11-12,24H2,1H3,(H,25,29). The van der Waals surface area contributed by atoms with Crippen LogP contribution < -0.4 is 11.1 Å². The van der Waals surface area contributed by atoms with Gasteiger partial charge in [-0.05, 0) is 49.1 Å². The molecule has 6 nitrogen and oxygen atoms in total. The van der Waals surface area contributed by atoms with Crippen LogP contribution in [0.1, 0.15) is 46.2 Å². The Bertz CT molecular complexity index is 1100. The summed E-state index contributed by atoms with van der Waals surface area (Å²) in [6.45, 7) is 0.667. The van der Waals surface area contributed by atoms with Gasteiger partial charge in [0.1, 0.15) is 15.5 Å². The normalized spacial score (nSPS) is 16.6. The van der Waals surface area contributed by atoms with Gasteiger partial charge in [0.25, 0.3) is 5.91 Å². The highest BCUT2D eigenvalue weighted by molar-refractivity contribution is 7.21. The number of hydrogen-bond acceptors (Lipinski definition) is 5. The average Bonchev–Trinajstić information content (AvgIpc) is 3.10. The van der Waals surface area contributed by atoms with Gasteiger partial charge in [-0.2, -0.15) is 0 Å². The van der Waals surface area contributed by atoms with E-state index < -0.39 is 0 Å². The van der Waals surface area contributed by atoms with Crippen molar-refractivity contribution in [1.82, 2.24) is 15.2 Å². The third-order valence-electron chi connectivity index (χ3n) is 5.48. The highest BCUT2D eigenvalue weighted by Gasteiger charge is 2.29. The summed E-state index contributed by atoms with van der Waals surface area (Å²) in [5.74, 6) is -0.540. The summed E-state index contributed by atoms with van der Waals surface area (Å²) in [5, 5.41) is 3.35. The molecule has 3 aromatic rings. The Morgan fingerprint density at radius 3 is 2.73 bits per heavy atom. The van der Waals surface area contributed by atoms with Crippen molar-refractivity contribution in [2.75, 3.05) is 19.3 Å². The van der Waals surface area contributed by atoms with Gasteiger partial charge in [0, 0.05) is 19.0 Å². The van der Waals surface area contributed by atoms with Crippen molar-refractivity contribution in [3.8, 4) is 0 Å². The van der Waals surface area contributed by atoms with Crippen molar-refractivity contribution in [2.45, 2.75) is 31.7 Å². The van der Waals surface area contributed by atoms with Gasteiger partial charge in [0.2, 0.25) is 5.91 Å². The van der Waals surface area contributed by atoms with Gasteiger partial charge in [0.05, 0.1) is 23.8 Å². The number of fused-ring (bicyclic) bond motifs is 1. The molecule has 1 aliphatic heterocycles. The smallest absolute Gasteiger partial charge is 0.263 e. The molecule has 1 saturated heterocycles. The number of hydrogen-bond donors (Lipinski definition) is 2. The fourth-order valence-electron chi connectivity index (χ4n) is 3.90. The number of piperidine rings is 1. The molecule has 1 aliphatic rings. The van der Waals surface area contributed by atoms with Crippen molar-refractivity contribution in [3.63, 3.8) is 0 Å². The Hall–Kier alpha value is -3.00. The van der Waals surface area contributed by atoms with Crippen LogP contribution in [0, 0.1) is 5.82 Å². The first kappa shape index (κ1) is 20.3. The number of rotatable bonds is 4. The number of halogens is 1. The highest BCUT2D eigenvalue weighted by Crippen LogP contribution is 2.36. The number of nitrogen functional groups attached to an aromatic ring is 1. The fraction of sp³-hybridized carbons (Fsp3) is 0.318. The van der Waals surface area contributed by atoms with Crippen LogP contribution in [0.5, 0.6) is 0 Å². The molecule has 2 amide bonds. The zero-order valence-electron chi connectivity index (χ0n) is 16.7. The van der Waals surface area contributed by atoms with Crippen LogP contribution in [0.4, 0.5) is 10.1 Å². The molecule has 1 unspecified atom stereocenters.